The zero-order valence-corrected chi connectivity index (χ0v) is 46.4. The number of fused-ring (bicyclic) bond motifs is 5. The van der Waals surface area contributed by atoms with Crippen molar-refractivity contribution in [3.8, 4) is 0 Å². The maximum absolute atomic E-state index is 15.4. The Morgan fingerprint density at radius 1 is 0.815 bits per heavy atom. The minimum absolute atomic E-state index is 0.0188. The van der Waals surface area contributed by atoms with E-state index in [1.807, 2.05) is 24.3 Å². The topological polar surface area (TPSA) is 402 Å². The largest absolute Gasteiger partial charge is 0.391 e. The lowest BCUT2D eigenvalue weighted by Gasteiger charge is -2.43. The van der Waals surface area contributed by atoms with Gasteiger partial charge < -0.3 is 80.0 Å². The molecule has 27 heteroatoms. The van der Waals surface area contributed by atoms with Gasteiger partial charge >= 0.3 is 0 Å². The molecule has 6 aliphatic rings. The first-order valence-corrected chi connectivity index (χ1v) is 29.1. The molecule has 5 fully saturated rings. The number of β-amino-alcohol motifs (C(OH)–C–C–N with tert-alkyl or cyclic N) is 1. The molecule has 81 heavy (non-hydrogen) atoms. The SMILES string of the molecule is NC(N)=NCCC[C@@H]1NC(=O)[C@@H]2CC3CCCCC3N2C(=O)[C@H]2Cc3ccccc3CN2C(=O)[C@@H](NC(=O)[C@H](Cc2cccs2)NC(=O)CNC(=O)[C@@H]2C[C@@H](O)CN2C(=O)[C@@H]2CCCN2C(=O)[C@@H](N)CCCN=C(N)N)CCNC1=O. The van der Waals surface area contributed by atoms with Crippen LogP contribution >= 0.6 is 11.3 Å². The van der Waals surface area contributed by atoms with Crippen LogP contribution in [0.25, 0.3) is 0 Å². The Labute approximate surface area is 474 Å². The van der Waals surface area contributed by atoms with Gasteiger partial charge in [0.15, 0.2) is 11.9 Å². The zero-order chi connectivity index (χ0) is 57.9. The second kappa shape index (κ2) is 27.4. The van der Waals surface area contributed by atoms with E-state index in [0.29, 0.717) is 43.4 Å². The Bertz CT molecular complexity index is 2700. The lowest BCUT2D eigenvalue weighted by molar-refractivity contribution is -0.153. The summed E-state index contributed by atoms with van der Waals surface area (Å²) in [4.78, 5) is 144. The van der Waals surface area contributed by atoms with Gasteiger partial charge in [-0.05, 0) is 92.7 Å². The quantitative estimate of drug-likeness (QED) is 0.0400. The van der Waals surface area contributed by atoms with E-state index in [-0.39, 0.29) is 102 Å². The molecule has 6 heterocycles. The van der Waals surface area contributed by atoms with E-state index in [4.69, 9.17) is 28.7 Å². The fourth-order valence-corrected chi connectivity index (χ4v) is 13.2. The first kappa shape index (κ1) is 59.7. The number of likely N-dealkylation sites (tertiary alicyclic amines) is 2. The van der Waals surface area contributed by atoms with Gasteiger partial charge in [-0.25, -0.2) is 0 Å². The molecule has 4 saturated heterocycles. The average Bonchev–Trinajstić information content (AvgIpc) is 4.36. The number of guanidine groups is 2. The number of aliphatic hydroxyl groups excluding tert-OH is 1. The number of nitrogens with two attached hydrogens (primary N) is 5. The molecule has 440 valence electrons. The second-order valence-corrected chi connectivity index (χ2v) is 23.0. The van der Waals surface area contributed by atoms with Gasteiger partial charge in [-0.3, -0.25) is 53.1 Å². The van der Waals surface area contributed by atoms with E-state index in [2.05, 4.69) is 36.6 Å². The van der Waals surface area contributed by atoms with Crippen LogP contribution in [0, 0.1) is 5.92 Å². The van der Waals surface area contributed by atoms with Crippen LogP contribution in [0.5, 0.6) is 0 Å². The average molecular weight is 1140 g/mol. The van der Waals surface area contributed by atoms with Gasteiger partial charge in [-0.2, -0.15) is 0 Å². The van der Waals surface area contributed by atoms with Crippen molar-refractivity contribution in [2.24, 2.45) is 44.6 Å². The van der Waals surface area contributed by atoms with E-state index in [1.165, 1.54) is 26.0 Å². The summed E-state index contributed by atoms with van der Waals surface area (Å²) in [6.45, 7) is -0.221. The molecule has 16 N–H and O–H groups in total. The molecule has 0 bridgehead atoms. The Balaban J connectivity index is 0.993. The van der Waals surface area contributed by atoms with Crippen molar-refractivity contribution in [1.82, 2.24) is 46.2 Å². The zero-order valence-electron chi connectivity index (χ0n) is 45.5. The van der Waals surface area contributed by atoms with Crippen LogP contribution in [0.3, 0.4) is 0 Å². The molecular formula is C54H78N16O10S. The molecule has 9 amide bonds. The van der Waals surface area contributed by atoms with Crippen molar-refractivity contribution in [3.63, 3.8) is 0 Å². The van der Waals surface area contributed by atoms with E-state index < -0.39 is 114 Å². The maximum Gasteiger partial charge on any atom is 0.246 e. The molecule has 8 rings (SSSR count). The molecule has 26 nitrogen and oxygen atoms in total. The number of hydrogen-bond donors (Lipinski definition) is 11. The van der Waals surface area contributed by atoms with Gasteiger partial charge in [0.1, 0.15) is 42.3 Å². The molecule has 1 aromatic carbocycles. The number of nitrogens with zero attached hydrogens (tertiary/aromatic N) is 6. The molecule has 0 radical (unpaired) electrons. The fourth-order valence-electron chi connectivity index (χ4n) is 12.4. The summed E-state index contributed by atoms with van der Waals surface area (Å²) < 4.78 is 0. The number of rotatable bonds is 18. The highest BCUT2D eigenvalue weighted by molar-refractivity contribution is 7.09. The summed E-state index contributed by atoms with van der Waals surface area (Å²) in [6, 6.07) is 2.07. The third-order valence-corrected chi connectivity index (χ3v) is 17.3. The van der Waals surface area contributed by atoms with Gasteiger partial charge in [-0.1, -0.05) is 43.2 Å². The summed E-state index contributed by atoms with van der Waals surface area (Å²) in [7, 11) is 0. The maximum atomic E-state index is 15.4. The third kappa shape index (κ3) is 14.8. The Hall–Kier alpha value is -7.39. The minimum Gasteiger partial charge on any atom is -0.391 e. The summed E-state index contributed by atoms with van der Waals surface area (Å²) in [5.41, 5.74) is 29.8. The van der Waals surface area contributed by atoms with Crippen molar-refractivity contribution in [2.45, 2.75) is 163 Å². The Morgan fingerprint density at radius 2 is 1.56 bits per heavy atom. The van der Waals surface area contributed by atoms with Crippen LogP contribution in [0.2, 0.25) is 0 Å². The van der Waals surface area contributed by atoms with E-state index in [9.17, 15) is 38.7 Å². The van der Waals surface area contributed by atoms with Crippen LogP contribution in [0.4, 0.5) is 0 Å². The van der Waals surface area contributed by atoms with Crippen LogP contribution in [-0.4, -0.2) is 190 Å². The normalized spacial score (nSPS) is 26.5. The molecule has 1 aromatic heterocycles. The van der Waals surface area contributed by atoms with Gasteiger partial charge in [0, 0.05) is 69.4 Å². The molecule has 2 unspecified atom stereocenters. The lowest BCUT2D eigenvalue weighted by atomic mass is 9.84. The summed E-state index contributed by atoms with van der Waals surface area (Å²) in [5, 5.41) is 26.5. The number of hydrogen-bond acceptors (Lipinski definition) is 14. The number of nitrogens with one attached hydrogen (secondary N) is 5. The standard InChI is InChI=1S/C54H78N16O10S/c55-35(13-5-18-61-53(56)57)49(77)67-21-7-16-40(67)51(79)69-29-33(71)25-41(69)47(75)63-27-44(72)64-38(26-34-12-8-22-81-34)46(74)66-37-17-20-60-45(73)36(14-6-19-62-54(58)59)65-48(76)42-24-31-10-3-4-15-39(31)70(42)52(80)43-23-30-9-1-2-11-32(30)28-68(43)50(37)78/h1-2,8-9,11-12,22,31,33,35-43,71H,3-7,10,13-21,23-29,55H2,(H,60,73)(H,63,75)(H,64,72)(H,65,76)(H,66,74)(H4,56,57,61)(H4,58,59,62)/t31?,33-,35+,36+,37+,38+,39?,40+,41+,42+,43-/m1/s1. The first-order chi connectivity index (χ1) is 38.9. The molecule has 1 saturated carbocycles. The molecular weight excluding hydrogens is 1060 g/mol. The third-order valence-electron chi connectivity index (χ3n) is 16.4. The monoisotopic (exact) mass is 1140 g/mol. The number of benzene rings is 1. The van der Waals surface area contributed by atoms with Crippen molar-refractivity contribution >= 4 is 76.4 Å². The fraction of sp³-hybridized carbons (Fsp3) is 0.611. The number of amides is 9. The minimum atomic E-state index is -1.34. The molecule has 11 atom stereocenters. The lowest BCUT2D eigenvalue weighted by Crippen LogP contribution is -2.63. The Morgan fingerprint density at radius 3 is 2.30 bits per heavy atom. The van der Waals surface area contributed by atoms with Crippen LogP contribution < -0.4 is 55.3 Å². The summed E-state index contributed by atoms with van der Waals surface area (Å²) in [5.74, 6) is -5.43. The van der Waals surface area contributed by atoms with E-state index >= 15 is 9.59 Å². The smallest absolute Gasteiger partial charge is 0.246 e. The molecule has 0 spiro atoms. The molecule has 5 aliphatic heterocycles. The number of carbonyl (C=O) groups excluding carboxylic acids is 9. The number of aliphatic hydroxyl groups is 1. The van der Waals surface area contributed by atoms with E-state index in [1.54, 1.807) is 22.4 Å². The van der Waals surface area contributed by atoms with Gasteiger partial charge in [-0.15, -0.1) is 11.3 Å². The molecule has 2 aromatic rings. The van der Waals surface area contributed by atoms with Gasteiger partial charge in [0.2, 0.25) is 53.2 Å². The Kier molecular flexibility index (Phi) is 20.2. The number of aliphatic imine (C=N–C) groups is 2. The first-order valence-electron chi connectivity index (χ1n) is 28.2. The van der Waals surface area contributed by atoms with Crippen LogP contribution in [0.1, 0.15) is 99.5 Å². The van der Waals surface area contributed by atoms with Gasteiger partial charge in [0.25, 0.3) is 0 Å². The van der Waals surface area contributed by atoms with Crippen molar-refractivity contribution in [1.29, 1.82) is 0 Å². The van der Waals surface area contributed by atoms with Crippen molar-refractivity contribution in [3.05, 3.63) is 57.8 Å². The summed E-state index contributed by atoms with van der Waals surface area (Å²) >= 11 is 1.33. The highest BCUT2D eigenvalue weighted by atomic mass is 32.1. The van der Waals surface area contributed by atoms with Crippen molar-refractivity contribution < 1.29 is 48.3 Å². The highest BCUT2D eigenvalue weighted by Gasteiger charge is 2.52. The highest BCUT2D eigenvalue weighted by Crippen LogP contribution is 2.41. The van der Waals surface area contributed by atoms with Crippen LogP contribution in [0.15, 0.2) is 51.8 Å². The predicted octanol–water partition coefficient (Wildman–Crippen LogP) is -3.12. The molecule has 1 aliphatic carbocycles. The van der Waals surface area contributed by atoms with Gasteiger partial charge in [0.05, 0.1) is 18.7 Å². The predicted molar refractivity (Wildman–Crippen MR) is 299 cm³/mol. The van der Waals surface area contributed by atoms with Crippen LogP contribution in [-0.2, 0) is 62.5 Å². The summed E-state index contributed by atoms with van der Waals surface area (Å²) in [6.07, 6.45) is 4.46. The second-order valence-electron chi connectivity index (χ2n) is 22.0. The van der Waals surface area contributed by atoms with Crippen molar-refractivity contribution in [2.75, 3.05) is 39.3 Å². The van der Waals surface area contributed by atoms with E-state index in [0.717, 1.165) is 30.4 Å². The number of thiophene rings is 1. The number of carbonyl (C=O) groups is 9.